The van der Waals surface area contributed by atoms with E-state index in [0.29, 0.717) is 24.0 Å². The van der Waals surface area contributed by atoms with E-state index in [4.69, 9.17) is 9.15 Å². The van der Waals surface area contributed by atoms with Crippen molar-refractivity contribution in [1.82, 2.24) is 10.2 Å². The van der Waals surface area contributed by atoms with Crippen molar-refractivity contribution in [2.24, 2.45) is 5.92 Å². The minimum absolute atomic E-state index is 0.120. The molecule has 1 aromatic heterocycles. The maximum atomic E-state index is 11.4. The molecule has 0 N–H and O–H groups in total. The maximum absolute atomic E-state index is 11.4. The lowest BCUT2D eigenvalue weighted by atomic mass is 10.1. The molecule has 0 bridgehead atoms. The van der Waals surface area contributed by atoms with Crippen LogP contribution in [-0.4, -0.2) is 48.6 Å². The Hall–Kier alpha value is -0.600. The smallest absolute Gasteiger partial charge is 0.276 e. The van der Waals surface area contributed by atoms with E-state index in [9.17, 15) is 8.42 Å². The first-order valence-electron chi connectivity index (χ1n) is 7.38. The number of aromatic nitrogens is 2. The van der Waals surface area contributed by atoms with Gasteiger partial charge in [-0.3, -0.25) is 0 Å². The number of ether oxygens (including phenoxy) is 1. The van der Waals surface area contributed by atoms with Crippen LogP contribution in [-0.2, 0) is 21.0 Å². The third-order valence-corrected chi connectivity index (χ3v) is 6.69. The third-order valence-electron chi connectivity index (χ3n) is 3.91. The number of nitrogens with zero attached hydrogens (tertiary/aromatic N) is 2. The Kier molecular flexibility index (Phi) is 4.85. The lowest BCUT2D eigenvalue weighted by Gasteiger charge is -2.21. The van der Waals surface area contributed by atoms with E-state index in [1.54, 1.807) is 0 Å². The first-order chi connectivity index (χ1) is 10.1. The van der Waals surface area contributed by atoms with E-state index in [-0.39, 0.29) is 23.5 Å². The summed E-state index contributed by atoms with van der Waals surface area (Å²) in [7, 11) is -2.85. The summed E-state index contributed by atoms with van der Waals surface area (Å²) < 4.78 is 34.1. The van der Waals surface area contributed by atoms with Crippen LogP contribution < -0.4 is 0 Å². The summed E-state index contributed by atoms with van der Waals surface area (Å²) >= 11 is 1.52. The number of sulfone groups is 1. The third kappa shape index (κ3) is 4.43. The second-order valence-corrected chi connectivity index (χ2v) is 8.93. The van der Waals surface area contributed by atoms with Gasteiger partial charge in [0.2, 0.25) is 5.89 Å². The average Bonchev–Trinajstić information content (AvgIpc) is 3.04. The van der Waals surface area contributed by atoms with Crippen LogP contribution in [0.4, 0.5) is 0 Å². The summed E-state index contributed by atoms with van der Waals surface area (Å²) in [4.78, 5) is 0. The lowest BCUT2D eigenvalue weighted by Crippen LogP contribution is -2.21. The van der Waals surface area contributed by atoms with Crippen LogP contribution in [0.15, 0.2) is 9.64 Å². The van der Waals surface area contributed by atoms with E-state index in [1.165, 1.54) is 18.2 Å². The van der Waals surface area contributed by atoms with E-state index in [0.717, 1.165) is 25.2 Å². The fourth-order valence-corrected chi connectivity index (χ4v) is 5.47. The molecule has 0 saturated carbocycles. The predicted molar refractivity (Wildman–Crippen MR) is 79.1 cm³/mol. The molecule has 118 valence electrons. The number of hydrogen-bond acceptors (Lipinski definition) is 7. The van der Waals surface area contributed by atoms with E-state index >= 15 is 0 Å². The highest BCUT2D eigenvalue weighted by atomic mass is 32.2. The Balaban J connectivity index is 1.47. The Bertz CT molecular complexity index is 566. The van der Waals surface area contributed by atoms with Crippen molar-refractivity contribution >= 4 is 21.6 Å². The van der Waals surface area contributed by atoms with Crippen molar-refractivity contribution < 1.29 is 17.6 Å². The molecule has 0 aliphatic carbocycles. The molecule has 3 heterocycles. The molecule has 2 aliphatic heterocycles. The standard InChI is InChI=1S/C13H20N2O4S2/c16-21(17)6-4-10(9-21)7-12-14-15-13(19-12)20-8-11-3-1-2-5-18-11/h10-11H,1-9H2/t10-,11-/m1/s1. The van der Waals surface area contributed by atoms with Crippen molar-refractivity contribution in [3.63, 3.8) is 0 Å². The highest BCUT2D eigenvalue weighted by Gasteiger charge is 2.29. The lowest BCUT2D eigenvalue weighted by molar-refractivity contribution is 0.0314. The second kappa shape index (κ2) is 6.66. The van der Waals surface area contributed by atoms with Gasteiger partial charge in [-0.25, -0.2) is 8.42 Å². The van der Waals surface area contributed by atoms with Gasteiger partial charge in [0.05, 0.1) is 17.6 Å². The SMILES string of the molecule is O=S1(=O)CC[C@H](Cc2nnc(SC[C@H]3CCCCO3)o2)C1. The van der Waals surface area contributed by atoms with Gasteiger partial charge in [-0.15, -0.1) is 10.2 Å². The van der Waals surface area contributed by atoms with Crippen molar-refractivity contribution in [1.29, 1.82) is 0 Å². The summed E-state index contributed by atoms with van der Waals surface area (Å²) in [5.41, 5.74) is 0. The van der Waals surface area contributed by atoms with Gasteiger partial charge < -0.3 is 9.15 Å². The Morgan fingerprint density at radius 2 is 2.14 bits per heavy atom. The van der Waals surface area contributed by atoms with Gasteiger partial charge in [-0.2, -0.15) is 0 Å². The first kappa shape index (κ1) is 15.3. The Morgan fingerprint density at radius 1 is 1.24 bits per heavy atom. The van der Waals surface area contributed by atoms with Crippen LogP contribution in [0.25, 0.3) is 0 Å². The molecule has 3 rings (SSSR count). The zero-order valence-corrected chi connectivity index (χ0v) is 13.5. The molecular formula is C13H20N2O4S2. The zero-order chi connectivity index (χ0) is 14.7. The van der Waals surface area contributed by atoms with Crippen LogP contribution in [0.1, 0.15) is 31.6 Å². The summed E-state index contributed by atoms with van der Waals surface area (Å²) in [5, 5.41) is 8.59. The topological polar surface area (TPSA) is 82.3 Å². The van der Waals surface area contributed by atoms with Crippen LogP contribution in [0.5, 0.6) is 0 Å². The first-order valence-corrected chi connectivity index (χ1v) is 10.2. The van der Waals surface area contributed by atoms with Crippen LogP contribution in [0, 0.1) is 5.92 Å². The van der Waals surface area contributed by atoms with Crippen LogP contribution in [0.3, 0.4) is 0 Å². The minimum atomic E-state index is -2.85. The number of hydrogen-bond donors (Lipinski definition) is 0. The highest BCUT2D eigenvalue weighted by Crippen LogP contribution is 2.25. The molecule has 0 amide bonds. The number of rotatable bonds is 5. The van der Waals surface area contributed by atoms with Gasteiger partial charge in [-0.05, 0) is 31.6 Å². The van der Waals surface area contributed by atoms with Crippen molar-refractivity contribution in [2.75, 3.05) is 23.9 Å². The van der Waals surface area contributed by atoms with Crippen LogP contribution >= 0.6 is 11.8 Å². The van der Waals surface area contributed by atoms with Crippen molar-refractivity contribution in [2.45, 2.75) is 43.4 Å². The average molecular weight is 332 g/mol. The van der Waals surface area contributed by atoms with Gasteiger partial charge in [-0.1, -0.05) is 11.8 Å². The fraction of sp³-hybridized carbons (Fsp3) is 0.846. The minimum Gasteiger partial charge on any atom is -0.416 e. The Labute approximate surface area is 128 Å². The van der Waals surface area contributed by atoms with E-state index < -0.39 is 9.84 Å². The molecule has 2 atom stereocenters. The summed E-state index contributed by atoms with van der Waals surface area (Å²) in [5.74, 6) is 2.03. The van der Waals surface area contributed by atoms with E-state index in [1.807, 2.05) is 0 Å². The van der Waals surface area contributed by atoms with Gasteiger partial charge in [0.25, 0.3) is 5.22 Å². The molecule has 0 aromatic carbocycles. The molecule has 21 heavy (non-hydrogen) atoms. The molecule has 1 aromatic rings. The molecule has 0 radical (unpaired) electrons. The quantitative estimate of drug-likeness (QED) is 0.759. The molecule has 2 fully saturated rings. The monoisotopic (exact) mass is 332 g/mol. The molecule has 2 aliphatic rings. The van der Waals surface area contributed by atoms with Crippen LogP contribution in [0.2, 0.25) is 0 Å². The molecule has 6 nitrogen and oxygen atoms in total. The predicted octanol–water partition coefficient (Wildman–Crippen LogP) is 1.71. The van der Waals surface area contributed by atoms with Gasteiger partial charge >= 0.3 is 0 Å². The Morgan fingerprint density at radius 3 is 2.86 bits per heavy atom. The van der Waals surface area contributed by atoms with Crippen molar-refractivity contribution in [3.05, 3.63) is 5.89 Å². The molecular weight excluding hydrogens is 312 g/mol. The highest BCUT2D eigenvalue weighted by molar-refractivity contribution is 7.99. The van der Waals surface area contributed by atoms with E-state index in [2.05, 4.69) is 10.2 Å². The molecule has 0 unspecified atom stereocenters. The van der Waals surface area contributed by atoms with Crippen molar-refractivity contribution in [3.8, 4) is 0 Å². The van der Waals surface area contributed by atoms with Gasteiger partial charge in [0.1, 0.15) is 0 Å². The molecule has 2 saturated heterocycles. The number of thioether (sulfide) groups is 1. The largest absolute Gasteiger partial charge is 0.416 e. The van der Waals surface area contributed by atoms with Gasteiger partial charge in [0, 0.05) is 18.8 Å². The molecule has 0 spiro atoms. The summed E-state index contributed by atoms with van der Waals surface area (Å²) in [6, 6.07) is 0. The fourth-order valence-electron chi connectivity index (χ4n) is 2.76. The second-order valence-electron chi connectivity index (χ2n) is 5.73. The summed E-state index contributed by atoms with van der Waals surface area (Å²) in [6.07, 6.45) is 5.00. The summed E-state index contributed by atoms with van der Waals surface area (Å²) in [6.45, 7) is 0.844. The van der Waals surface area contributed by atoms with Gasteiger partial charge in [0.15, 0.2) is 9.84 Å². The maximum Gasteiger partial charge on any atom is 0.276 e. The zero-order valence-electron chi connectivity index (χ0n) is 11.9. The molecule has 8 heteroatoms. The normalized spacial score (nSPS) is 28.8.